The van der Waals surface area contributed by atoms with Crippen molar-refractivity contribution in [2.75, 3.05) is 0 Å². The van der Waals surface area contributed by atoms with E-state index in [1.54, 1.807) is 30.5 Å². The number of pyridine rings is 2. The molecule has 0 aliphatic heterocycles. The van der Waals surface area contributed by atoms with Crippen molar-refractivity contribution in [3.05, 3.63) is 54.5 Å². The predicted octanol–water partition coefficient (Wildman–Crippen LogP) is 2.83. The summed E-state index contributed by atoms with van der Waals surface area (Å²) in [6, 6.07) is 9.63. The smallest absolute Gasteiger partial charge is 0.358 e. The molecular weight excluding hydrogens is 272 g/mol. The summed E-state index contributed by atoms with van der Waals surface area (Å²) in [6.45, 7) is 0. The Morgan fingerprint density at radius 3 is 2.76 bits per heavy atom. The second kappa shape index (κ2) is 5.09. The Morgan fingerprint density at radius 1 is 1.10 bits per heavy atom. The highest BCUT2D eigenvalue weighted by atomic mass is 16.5. The van der Waals surface area contributed by atoms with Gasteiger partial charge in [-0.05, 0) is 35.7 Å². The van der Waals surface area contributed by atoms with Crippen LogP contribution in [0.5, 0.6) is 17.4 Å². The minimum absolute atomic E-state index is 0.0741. The molecule has 0 radical (unpaired) electrons. The second-order valence-electron chi connectivity index (χ2n) is 4.28. The maximum Gasteiger partial charge on any atom is 0.358 e. The summed E-state index contributed by atoms with van der Waals surface area (Å²) in [5.41, 5.74) is -0.198. The summed E-state index contributed by atoms with van der Waals surface area (Å²) in [4.78, 5) is 19.0. The Balaban J connectivity index is 2.11. The van der Waals surface area contributed by atoms with Gasteiger partial charge in [0.15, 0.2) is 11.4 Å². The fourth-order valence-electron chi connectivity index (χ4n) is 1.95. The Hall–Kier alpha value is -3.15. The van der Waals surface area contributed by atoms with Crippen molar-refractivity contribution in [2.45, 2.75) is 0 Å². The number of rotatable bonds is 3. The van der Waals surface area contributed by atoms with Crippen LogP contribution in [0.3, 0.4) is 0 Å². The number of carboxylic acid groups (broad SMARTS) is 1. The normalized spacial score (nSPS) is 10.5. The largest absolute Gasteiger partial charge is 0.508 e. The molecule has 3 aromatic rings. The highest BCUT2D eigenvalue weighted by molar-refractivity contribution is 5.90. The topological polar surface area (TPSA) is 92.5 Å². The zero-order chi connectivity index (χ0) is 14.8. The van der Waals surface area contributed by atoms with Gasteiger partial charge in [-0.3, -0.25) is 0 Å². The monoisotopic (exact) mass is 282 g/mol. The second-order valence-corrected chi connectivity index (χ2v) is 4.28. The van der Waals surface area contributed by atoms with E-state index in [1.807, 2.05) is 0 Å². The average molecular weight is 282 g/mol. The number of hydrogen-bond donors (Lipinski definition) is 2. The molecule has 0 unspecified atom stereocenters. The van der Waals surface area contributed by atoms with Gasteiger partial charge in [0.1, 0.15) is 5.75 Å². The van der Waals surface area contributed by atoms with Crippen molar-refractivity contribution in [2.24, 2.45) is 0 Å². The zero-order valence-electron chi connectivity index (χ0n) is 10.7. The van der Waals surface area contributed by atoms with Crippen molar-refractivity contribution in [3.8, 4) is 17.4 Å². The fraction of sp³-hybridized carbons (Fsp3) is 0. The lowest BCUT2D eigenvalue weighted by atomic mass is 10.1. The summed E-state index contributed by atoms with van der Waals surface area (Å²) < 4.78 is 5.57. The molecule has 104 valence electrons. The van der Waals surface area contributed by atoms with E-state index in [0.29, 0.717) is 5.39 Å². The molecule has 0 saturated carbocycles. The first-order chi connectivity index (χ1) is 10.1. The minimum atomic E-state index is -1.19. The molecule has 2 aromatic heterocycles. The van der Waals surface area contributed by atoms with E-state index in [-0.39, 0.29) is 23.1 Å². The SMILES string of the molecule is O=C(O)c1ncccc1Oc1nccc2ccc(O)cc12. The molecule has 6 nitrogen and oxygen atoms in total. The number of aromatic hydroxyl groups is 1. The van der Waals surface area contributed by atoms with E-state index < -0.39 is 5.97 Å². The van der Waals surface area contributed by atoms with Crippen LogP contribution in [0.4, 0.5) is 0 Å². The molecule has 0 amide bonds. The van der Waals surface area contributed by atoms with E-state index in [0.717, 1.165) is 5.39 Å². The highest BCUT2D eigenvalue weighted by Crippen LogP contribution is 2.31. The first-order valence-electron chi connectivity index (χ1n) is 6.09. The quantitative estimate of drug-likeness (QED) is 0.767. The number of benzene rings is 1. The molecule has 1 aromatic carbocycles. The van der Waals surface area contributed by atoms with Gasteiger partial charge in [-0.25, -0.2) is 14.8 Å². The van der Waals surface area contributed by atoms with Crippen LogP contribution in [0.15, 0.2) is 48.8 Å². The summed E-state index contributed by atoms with van der Waals surface area (Å²) in [5.74, 6) is -0.814. The summed E-state index contributed by atoms with van der Waals surface area (Å²) in [5, 5.41) is 20.1. The molecule has 3 rings (SSSR count). The number of fused-ring (bicyclic) bond motifs is 1. The molecule has 0 aliphatic rings. The Kier molecular flexibility index (Phi) is 3.12. The molecule has 0 spiro atoms. The van der Waals surface area contributed by atoms with Crippen LogP contribution in [0.1, 0.15) is 10.5 Å². The van der Waals surface area contributed by atoms with Gasteiger partial charge in [0.25, 0.3) is 0 Å². The lowest BCUT2D eigenvalue weighted by Crippen LogP contribution is -2.03. The number of aromatic carboxylic acids is 1. The Bertz CT molecular complexity index is 833. The third kappa shape index (κ3) is 2.46. The number of aromatic nitrogens is 2. The molecule has 2 N–H and O–H groups in total. The van der Waals surface area contributed by atoms with Gasteiger partial charge in [0.05, 0.1) is 0 Å². The van der Waals surface area contributed by atoms with Crippen LogP contribution >= 0.6 is 0 Å². The molecule has 0 atom stereocenters. The lowest BCUT2D eigenvalue weighted by Gasteiger charge is -2.09. The molecular formula is C15H10N2O4. The summed E-state index contributed by atoms with van der Waals surface area (Å²) >= 11 is 0. The summed E-state index contributed by atoms with van der Waals surface area (Å²) in [7, 11) is 0. The number of nitrogens with zero attached hydrogens (tertiary/aromatic N) is 2. The standard InChI is InChI=1S/C15H10N2O4/c18-10-4-3-9-5-7-17-14(11(9)8-10)21-12-2-1-6-16-13(12)15(19)20/h1-8,18H,(H,19,20). The maximum absolute atomic E-state index is 11.1. The van der Waals surface area contributed by atoms with Gasteiger partial charge in [-0.2, -0.15) is 0 Å². The third-order valence-corrected chi connectivity index (χ3v) is 2.89. The van der Waals surface area contributed by atoms with Gasteiger partial charge < -0.3 is 14.9 Å². The number of phenols is 1. The first-order valence-corrected chi connectivity index (χ1v) is 6.09. The van der Waals surface area contributed by atoms with E-state index in [9.17, 15) is 9.90 Å². The molecule has 0 fully saturated rings. The van der Waals surface area contributed by atoms with Gasteiger partial charge in [0.2, 0.25) is 5.88 Å². The third-order valence-electron chi connectivity index (χ3n) is 2.89. The van der Waals surface area contributed by atoms with E-state index in [4.69, 9.17) is 9.84 Å². The number of phenolic OH excluding ortho intramolecular Hbond substituents is 1. The molecule has 2 heterocycles. The molecule has 0 bridgehead atoms. The predicted molar refractivity (Wildman–Crippen MR) is 74.7 cm³/mol. The number of hydrogen-bond acceptors (Lipinski definition) is 5. The molecule has 6 heteroatoms. The van der Waals surface area contributed by atoms with Crippen LogP contribution in [0, 0.1) is 0 Å². The minimum Gasteiger partial charge on any atom is -0.508 e. The van der Waals surface area contributed by atoms with Crippen molar-refractivity contribution in [3.63, 3.8) is 0 Å². The average Bonchev–Trinajstić information content (AvgIpc) is 2.48. The van der Waals surface area contributed by atoms with Gasteiger partial charge in [0, 0.05) is 17.8 Å². The van der Waals surface area contributed by atoms with E-state index in [1.165, 1.54) is 18.3 Å². The lowest BCUT2D eigenvalue weighted by molar-refractivity contribution is 0.0687. The number of ether oxygens (including phenoxy) is 1. The molecule has 0 saturated heterocycles. The van der Waals surface area contributed by atoms with Gasteiger partial charge >= 0.3 is 5.97 Å². The Labute approximate surface area is 119 Å². The van der Waals surface area contributed by atoms with Crippen LogP contribution in [-0.2, 0) is 0 Å². The van der Waals surface area contributed by atoms with Crippen LogP contribution in [0.2, 0.25) is 0 Å². The van der Waals surface area contributed by atoms with Crippen LogP contribution < -0.4 is 4.74 Å². The van der Waals surface area contributed by atoms with E-state index >= 15 is 0 Å². The fourth-order valence-corrected chi connectivity index (χ4v) is 1.95. The van der Waals surface area contributed by atoms with Crippen molar-refractivity contribution in [1.29, 1.82) is 0 Å². The van der Waals surface area contributed by atoms with Crippen molar-refractivity contribution >= 4 is 16.7 Å². The number of carboxylic acids is 1. The first kappa shape index (κ1) is 12.9. The summed E-state index contributed by atoms with van der Waals surface area (Å²) in [6.07, 6.45) is 2.92. The molecule has 0 aliphatic carbocycles. The zero-order valence-corrected chi connectivity index (χ0v) is 10.7. The number of carbonyl (C=O) groups is 1. The van der Waals surface area contributed by atoms with Crippen molar-refractivity contribution < 1.29 is 19.7 Å². The van der Waals surface area contributed by atoms with Crippen LogP contribution in [0.25, 0.3) is 10.8 Å². The van der Waals surface area contributed by atoms with Gasteiger partial charge in [-0.15, -0.1) is 0 Å². The van der Waals surface area contributed by atoms with Crippen molar-refractivity contribution in [1.82, 2.24) is 9.97 Å². The van der Waals surface area contributed by atoms with E-state index in [2.05, 4.69) is 9.97 Å². The van der Waals surface area contributed by atoms with Gasteiger partial charge in [-0.1, -0.05) is 6.07 Å². The molecule has 21 heavy (non-hydrogen) atoms. The maximum atomic E-state index is 11.1. The van der Waals surface area contributed by atoms with Crippen LogP contribution in [-0.4, -0.2) is 26.2 Å². The highest BCUT2D eigenvalue weighted by Gasteiger charge is 2.15. The Morgan fingerprint density at radius 2 is 1.95 bits per heavy atom.